The van der Waals surface area contributed by atoms with Gasteiger partial charge in [0.05, 0.1) is 0 Å². The van der Waals surface area contributed by atoms with Crippen molar-refractivity contribution >= 4 is 11.6 Å². The average Bonchev–Trinajstić information content (AvgIpc) is 2.85. The molecule has 0 spiro atoms. The van der Waals surface area contributed by atoms with Crippen LogP contribution in [0.15, 0.2) is 36.7 Å². The van der Waals surface area contributed by atoms with Crippen molar-refractivity contribution in [2.24, 2.45) is 0 Å². The van der Waals surface area contributed by atoms with Gasteiger partial charge in [-0.2, -0.15) is 5.10 Å². The number of hydrogen-bond acceptors (Lipinski definition) is 3. The van der Waals surface area contributed by atoms with Gasteiger partial charge in [-0.3, -0.25) is 9.48 Å². The predicted octanol–water partition coefficient (Wildman–Crippen LogP) is 2.10. The molecule has 18 heavy (non-hydrogen) atoms. The maximum atomic E-state index is 12.0. The molecule has 0 aliphatic heterocycles. The second kappa shape index (κ2) is 4.91. The molecule has 0 fully saturated rings. The molecule has 0 bridgehead atoms. The summed E-state index contributed by atoms with van der Waals surface area (Å²) in [6, 6.07) is 6.22. The summed E-state index contributed by atoms with van der Waals surface area (Å²) in [5.74, 6) is 0.0399. The smallest absolute Gasteiger partial charge is 0.248 e. The maximum absolute atomic E-state index is 12.0. The van der Waals surface area contributed by atoms with Crippen molar-refractivity contribution in [2.45, 2.75) is 19.9 Å². The van der Waals surface area contributed by atoms with Gasteiger partial charge in [-0.25, -0.2) is 0 Å². The third-order valence-corrected chi connectivity index (χ3v) is 2.77. The second-order valence-electron chi connectivity index (χ2n) is 4.15. The molecular weight excluding hydrogens is 230 g/mol. The van der Waals surface area contributed by atoms with Crippen LogP contribution in [0.1, 0.15) is 18.5 Å². The highest BCUT2D eigenvalue weighted by Gasteiger charge is 2.15. The largest absolute Gasteiger partial charge is 0.508 e. The van der Waals surface area contributed by atoms with E-state index in [1.807, 2.05) is 6.92 Å². The van der Waals surface area contributed by atoms with Crippen molar-refractivity contribution in [1.29, 1.82) is 0 Å². The number of nitrogens with one attached hydrogen (secondary N) is 1. The summed E-state index contributed by atoms with van der Waals surface area (Å²) in [5, 5.41) is 16.2. The van der Waals surface area contributed by atoms with Crippen molar-refractivity contribution in [3.05, 3.63) is 42.2 Å². The lowest BCUT2D eigenvalue weighted by molar-refractivity contribution is -0.119. The van der Waals surface area contributed by atoms with Gasteiger partial charge < -0.3 is 10.4 Å². The first kappa shape index (κ1) is 12.2. The van der Waals surface area contributed by atoms with E-state index in [4.69, 9.17) is 0 Å². The molecule has 1 aromatic carbocycles. The van der Waals surface area contributed by atoms with Crippen molar-refractivity contribution in [1.82, 2.24) is 9.78 Å². The molecular formula is C13H15N3O2. The summed E-state index contributed by atoms with van der Waals surface area (Å²) >= 11 is 0. The molecule has 1 atom stereocenters. The Balaban J connectivity index is 2.12. The Morgan fingerprint density at radius 2 is 2.28 bits per heavy atom. The van der Waals surface area contributed by atoms with Crippen LogP contribution in [0.4, 0.5) is 5.69 Å². The lowest BCUT2D eigenvalue weighted by atomic mass is 10.2. The van der Waals surface area contributed by atoms with Crippen LogP contribution in [0.5, 0.6) is 5.75 Å². The van der Waals surface area contributed by atoms with Crippen molar-refractivity contribution in [2.75, 3.05) is 5.32 Å². The van der Waals surface area contributed by atoms with Gasteiger partial charge in [0.15, 0.2) is 0 Å². The van der Waals surface area contributed by atoms with E-state index in [9.17, 15) is 9.90 Å². The van der Waals surface area contributed by atoms with Gasteiger partial charge in [-0.1, -0.05) is 0 Å². The standard InChI is InChI=1S/C13H15N3O2/c1-9-8-11(17)4-5-12(9)15-13(18)10(2)16-7-3-6-14-16/h3-8,10,17H,1-2H3,(H,15,18). The second-order valence-corrected chi connectivity index (χ2v) is 4.15. The Bertz CT molecular complexity index is 549. The van der Waals surface area contributed by atoms with Crippen LogP contribution in [-0.2, 0) is 4.79 Å². The Morgan fingerprint density at radius 1 is 1.50 bits per heavy atom. The normalized spacial score (nSPS) is 12.1. The number of nitrogens with zero attached hydrogens (tertiary/aromatic N) is 2. The number of carbonyl (C=O) groups is 1. The molecule has 2 aromatic rings. The number of phenols is 1. The van der Waals surface area contributed by atoms with Gasteiger partial charge in [0.2, 0.25) is 5.91 Å². The van der Waals surface area contributed by atoms with E-state index in [0.29, 0.717) is 5.69 Å². The molecule has 0 radical (unpaired) electrons. The minimum atomic E-state index is -0.381. The van der Waals surface area contributed by atoms with Crippen LogP contribution >= 0.6 is 0 Å². The van der Waals surface area contributed by atoms with Gasteiger partial charge >= 0.3 is 0 Å². The molecule has 2 rings (SSSR count). The van der Waals surface area contributed by atoms with Crippen LogP contribution in [0.3, 0.4) is 0 Å². The van der Waals surface area contributed by atoms with E-state index in [0.717, 1.165) is 5.56 Å². The highest BCUT2D eigenvalue weighted by molar-refractivity contribution is 5.94. The fraction of sp³-hybridized carbons (Fsp3) is 0.231. The van der Waals surface area contributed by atoms with Gasteiger partial charge in [0.25, 0.3) is 0 Å². The summed E-state index contributed by atoms with van der Waals surface area (Å²) in [6.07, 6.45) is 3.38. The minimum absolute atomic E-state index is 0.146. The highest BCUT2D eigenvalue weighted by Crippen LogP contribution is 2.21. The van der Waals surface area contributed by atoms with Gasteiger partial charge in [-0.15, -0.1) is 0 Å². The topological polar surface area (TPSA) is 67.2 Å². The monoisotopic (exact) mass is 245 g/mol. The summed E-state index contributed by atoms with van der Waals surface area (Å²) < 4.78 is 1.59. The van der Waals surface area contributed by atoms with Crippen LogP contribution in [-0.4, -0.2) is 20.8 Å². The third kappa shape index (κ3) is 2.51. The number of amides is 1. The van der Waals surface area contributed by atoms with Gasteiger partial charge in [0.1, 0.15) is 11.8 Å². The van der Waals surface area contributed by atoms with E-state index in [1.54, 1.807) is 48.3 Å². The van der Waals surface area contributed by atoms with Gasteiger partial charge in [0, 0.05) is 18.1 Å². The van der Waals surface area contributed by atoms with E-state index in [-0.39, 0.29) is 17.7 Å². The first-order valence-electron chi connectivity index (χ1n) is 5.67. The Kier molecular flexibility index (Phi) is 3.32. The first-order chi connectivity index (χ1) is 8.58. The number of aromatic nitrogens is 2. The summed E-state index contributed by atoms with van der Waals surface area (Å²) in [5.41, 5.74) is 1.51. The minimum Gasteiger partial charge on any atom is -0.508 e. The van der Waals surface area contributed by atoms with Crippen LogP contribution in [0.2, 0.25) is 0 Å². The zero-order valence-electron chi connectivity index (χ0n) is 10.3. The fourth-order valence-electron chi connectivity index (χ4n) is 1.66. The van der Waals surface area contributed by atoms with E-state index in [2.05, 4.69) is 10.4 Å². The maximum Gasteiger partial charge on any atom is 0.248 e. The van der Waals surface area contributed by atoms with Crippen LogP contribution in [0.25, 0.3) is 0 Å². The number of phenolic OH excluding ortho intramolecular Hbond substituents is 1. The quantitative estimate of drug-likeness (QED) is 0.814. The molecule has 94 valence electrons. The van der Waals surface area contributed by atoms with Crippen molar-refractivity contribution in [3.63, 3.8) is 0 Å². The van der Waals surface area contributed by atoms with E-state index in [1.165, 1.54) is 0 Å². The molecule has 1 amide bonds. The molecule has 2 N–H and O–H groups in total. The molecule has 5 heteroatoms. The molecule has 0 saturated carbocycles. The number of anilines is 1. The predicted molar refractivity (Wildman–Crippen MR) is 68.4 cm³/mol. The molecule has 1 unspecified atom stereocenters. The van der Waals surface area contributed by atoms with Crippen molar-refractivity contribution in [3.8, 4) is 5.75 Å². The summed E-state index contributed by atoms with van der Waals surface area (Å²) in [7, 11) is 0. The number of aryl methyl sites for hydroxylation is 1. The van der Waals surface area contributed by atoms with Crippen LogP contribution < -0.4 is 5.32 Å². The number of rotatable bonds is 3. The Labute approximate surface area is 105 Å². The number of carbonyl (C=O) groups excluding carboxylic acids is 1. The molecule has 0 aliphatic rings. The van der Waals surface area contributed by atoms with Gasteiger partial charge in [-0.05, 0) is 43.7 Å². The Morgan fingerprint density at radius 3 is 2.89 bits per heavy atom. The van der Waals surface area contributed by atoms with E-state index < -0.39 is 0 Å². The molecule has 0 saturated heterocycles. The fourth-order valence-corrected chi connectivity index (χ4v) is 1.66. The molecule has 5 nitrogen and oxygen atoms in total. The van der Waals surface area contributed by atoms with Crippen LogP contribution in [0, 0.1) is 6.92 Å². The molecule has 1 heterocycles. The zero-order chi connectivity index (χ0) is 13.1. The zero-order valence-corrected chi connectivity index (χ0v) is 10.3. The number of aromatic hydroxyl groups is 1. The lowest BCUT2D eigenvalue weighted by Gasteiger charge is -2.14. The Hall–Kier alpha value is -2.30. The number of benzene rings is 1. The summed E-state index contributed by atoms with van der Waals surface area (Å²) in [4.78, 5) is 12.0. The SMILES string of the molecule is Cc1cc(O)ccc1NC(=O)C(C)n1cccn1. The van der Waals surface area contributed by atoms with Crippen molar-refractivity contribution < 1.29 is 9.90 Å². The number of hydrogen-bond donors (Lipinski definition) is 2. The molecule has 1 aromatic heterocycles. The third-order valence-electron chi connectivity index (χ3n) is 2.77. The van der Waals surface area contributed by atoms with E-state index >= 15 is 0 Å². The first-order valence-corrected chi connectivity index (χ1v) is 5.67. The summed E-state index contributed by atoms with van der Waals surface area (Å²) in [6.45, 7) is 3.60. The highest BCUT2D eigenvalue weighted by atomic mass is 16.3. The average molecular weight is 245 g/mol. The lowest BCUT2D eigenvalue weighted by Crippen LogP contribution is -2.24. The molecule has 0 aliphatic carbocycles.